The van der Waals surface area contributed by atoms with Gasteiger partial charge >= 0.3 is 0 Å². The van der Waals surface area contributed by atoms with Crippen LogP contribution in [0.2, 0.25) is 0 Å². The lowest BCUT2D eigenvalue weighted by atomic mass is 10.0. The van der Waals surface area contributed by atoms with Gasteiger partial charge in [0.1, 0.15) is 0 Å². The third-order valence-corrected chi connectivity index (χ3v) is 5.55. The van der Waals surface area contributed by atoms with Crippen molar-refractivity contribution in [2.75, 3.05) is 38.6 Å². The van der Waals surface area contributed by atoms with Crippen molar-refractivity contribution in [3.8, 4) is 0 Å². The average molecular weight is 343 g/mol. The van der Waals surface area contributed by atoms with Gasteiger partial charge in [-0.15, -0.1) is 0 Å². The molecular weight excluding hydrogens is 314 g/mol. The van der Waals surface area contributed by atoms with E-state index in [4.69, 9.17) is 0 Å². The van der Waals surface area contributed by atoms with Gasteiger partial charge in [0.05, 0.1) is 0 Å². The van der Waals surface area contributed by atoms with Crippen LogP contribution in [-0.2, 0) is 16.0 Å². The molecule has 2 aliphatic heterocycles. The maximum absolute atomic E-state index is 12.5. The Labute approximate surface area is 150 Å². The third kappa shape index (κ3) is 3.87. The molecule has 1 fully saturated rings. The SMILES string of the molecule is C[C@@H]1CN(C(=O)CCCN2C(=O)CCc3ccccc32)C[C@H]1N(C)C. The fourth-order valence-electron chi connectivity index (χ4n) is 4.11. The fourth-order valence-corrected chi connectivity index (χ4v) is 4.11. The first kappa shape index (κ1) is 17.9. The molecule has 2 amide bonds. The molecule has 3 rings (SSSR count). The Morgan fingerprint density at radius 1 is 1.20 bits per heavy atom. The van der Waals surface area contributed by atoms with Crippen LogP contribution in [0.4, 0.5) is 5.69 Å². The highest BCUT2D eigenvalue weighted by molar-refractivity contribution is 5.96. The van der Waals surface area contributed by atoms with Crippen molar-refractivity contribution in [3.05, 3.63) is 29.8 Å². The number of hydrogen-bond donors (Lipinski definition) is 0. The van der Waals surface area contributed by atoms with E-state index in [0.29, 0.717) is 31.3 Å². The summed E-state index contributed by atoms with van der Waals surface area (Å²) in [4.78, 5) is 30.9. The van der Waals surface area contributed by atoms with Crippen LogP contribution in [0, 0.1) is 5.92 Å². The number of anilines is 1. The summed E-state index contributed by atoms with van der Waals surface area (Å²) in [6.45, 7) is 4.50. The predicted molar refractivity (Wildman–Crippen MR) is 99.6 cm³/mol. The van der Waals surface area contributed by atoms with Crippen LogP contribution < -0.4 is 4.90 Å². The highest BCUT2D eigenvalue weighted by Crippen LogP contribution is 2.28. The van der Waals surface area contributed by atoms with Crippen molar-refractivity contribution in [2.24, 2.45) is 5.92 Å². The first-order valence-corrected chi connectivity index (χ1v) is 9.30. The standard InChI is InChI=1S/C20H29N3O2/c1-15-13-22(14-18(15)21(2)3)19(24)9-6-12-23-17-8-5-4-7-16(17)10-11-20(23)25/h4-5,7-8,15,18H,6,9-14H2,1-3H3/t15-,18-/m1/s1. The van der Waals surface area contributed by atoms with Crippen molar-refractivity contribution < 1.29 is 9.59 Å². The van der Waals surface area contributed by atoms with Crippen molar-refractivity contribution in [2.45, 2.75) is 38.6 Å². The van der Waals surface area contributed by atoms with E-state index in [1.54, 1.807) is 0 Å². The van der Waals surface area contributed by atoms with Crippen LogP contribution in [0.5, 0.6) is 0 Å². The second-order valence-electron chi connectivity index (χ2n) is 7.58. The van der Waals surface area contributed by atoms with Gasteiger partial charge in [-0.1, -0.05) is 25.1 Å². The monoisotopic (exact) mass is 343 g/mol. The number of fused-ring (bicyclic) bond motifs is 1. The Morgan fingerprint density at radius 3 is 2.68 bits per heavy atom. The van der Waals surface area contributed by atoms with Crippen LogP contribution in [0.25, 0.3) is 0 Å². The van der Waals surface area contributed by atoms with Gasteiger partial charge in [0.25, 0.3) is 0 Å². The second kappa shape index (κ2) is 7.56. The highest BCUT2D eigenvalue weighted by atomic mass is 16.2. The first-order chi connectivity index (χ1) is 12.0. The van der Waals surface area contributed by atoms with E-state index in [0.717, 1.165) is 31.6 Å². The minimum absolute atomic E-state index is 0.175. The van der Waals surface area contributed by atoms with E-state index in [1.807, 2.05) is 28.0 Å². The minimum Gasteiger partial charge on any atom is -0.341 e. The number of carbonyl (C=O) groups excluding carboxylic acids is 2. The van der Waals surface area contributed by atoms with Gasteiger partial charge in [0.2, 0.25) is 11.8 Å². The number of hydrogen-bond acceptors (Lipinski definition) is 3. The summed E-state index contributed by atoms with van der Waals surface area (Å²) in [5.41, 5.74) is 2.25. The average Bonchev–Trinajstić information content (AvgIpc) is 2.99. The van der Waals surface area contributed by atoms with E-state index in [9.17, 15) is 9.59 Å². The van der Waals surface area contributed by atoms with E-state index in [2.05, 4.69) is 32.0 Å². The quantitative estimate of drug-likeness (QED) is 0.823. The van der Waals surface area contributed by atoms with Crippen LogP contribution in [0.15, 0.2) is 24.3 Å². The topological polar surface area (TPSA) is 43.9 Å². The van der Waals surface area contributed by atoms with E-state index in [1.165, 1.54) is 5.56 Å². The van der Waals surface area contributed by atoms with Gasteiger partial charge in [0, 0.05) is 44.2 Å². The molecule has 1 aromatic carbocycles. The molecule has 2 aliphatic rings. The molecule has 0 unspecified atom stereocenters. The van der Waals surface area contributed by atoms with Crippen LogP contribution in [-0.4, -0.2) is 61.4 Å². The van der Waals surface area contributed by atoms with E-state index >= 15 is 0 Å². The summed E-state index contributed by atoms with van der Waals surface area (Å²) in [5, 5.41) is 0. The third-order valence-electron chi connectivity index (χ3n) is 5.55. The van der Waals surface area contributed by atoms with Gasteiger partial charge in [-0.2, -0.15) is 0 Å². The molecule has 136 valence electrons. The molecule has 0 saturated carbocycles. The zero-order valence-electron chi connectivity index (χ0n) is 15.6. The van der Waals surface area contributed by atoms with Crippen molar-refractivity contribution in [3.63, 3.8) is 0 Å². The molecule has 0 aromatic heterocycles. The molecule has 0 bridgehead atoms. The summed E-state index contributed by atoms with van der Waals surface area (Å²) in [7, 11) is 4.16. The summed E-state index contributed by atoms with van der Waals surface area (Å²) in [6, 6.07) is 8.54. The zero-order valence-corrected chi connectivity index (χ0v) is 15.6. The fraction of sp³-hybridized carbons (Fsp3) is 0.600. The molecule has 1 saturated heterocycles. The van der Waals surface area contributed by atoms with Crippen molar-refractivity contribution in [1.82, 2.24) is 9.80 Å². The molecule has 0 spiro atoms. The lowest BCUT2D eigenvalue weighted by Crippen LogP contribution is -2.37. The molecule has 0 radical (unpaired) electrons. The zero-order chi connectivity index (χ0) is 18.0. The van der Waals surface area contributed by atoms with Crippen molar-refractivity contribution >= 4 is 17.5 Å². The van der Waals surface area contributed by atoms with E-state index in [-0.39, 0.29) is 11.8 Å². The normalized spacial score (nSPS) is 23.3. The lowest BCUT2D eigenvalue weighted by molar-refractivity contribution is -0.130. The van der Waals surface area contributed by atoms with Gasteiger partial charge in [-0.25, -0.2) is 0 Å². The number of carbonyl (C=O) groups is 2. The summed E-state index contributed by atoms with van der Waals surface area (Å²) >= 11 is 0. The number of benzene rings is 1. The Hall–Kier alpha value is -1.88. The number of amides is 2. The Morgan fingerprint density at radius 2 is 1.96 bits per heavy atom. The van der Waals surface area contributed by atoms with Crippen molar-refractivity contribution in [1.29, 1.82) is 0 Å². The summed E-state index contributed by atoms with van der Waals surface area (Å²) < 4.78 is 0. The van der Waals surface area contributed by atoms with Gasteiger partial charge < -0.3 is 14.7 Å². The predicted octanol–water partition coefficient (Wildman–Crippen LogP) is 2.15. The number of rotatable bonds is 5. The molecule has 5 heteroatoms. The van der Waals surface area contributed by atoms with Crippen LogP contribution >= 0.6 is 0 Å². The summed E-state index contributed by atoms with van der Waals surface area (Å²) in [6.07, 6.45) is 2.62. The minimum atomic E-state index is 0.175. The van der Waals surface area contributed by atoms with Gasteiger partial charge in [-0.3, -0.25) is 9.59 Å². The molecular formula is C20H29N3O2. The first-order valence-electron chi connectivity index (χ1n) is 9.30. The molecule has 2 atom stereocenters. The molecule has 0 N–H and O–H groups in total. The Balaban J connectivity index is 1.53. The molecule has 5 nitrogen and oxygen atoms in total. The van der Waals surface area contributed by atoms with Crippen LogP contribution in [0.1, 0.15) is 31.7 Å². The van der Waals surface area contributed by atoms with Crippen LogP contribution in [0.3, 0.4) is 0 Å². The molecule has 1 aromatic rings. The maximum Gasteiger partial charge on any atom is 0.227 e. The largest absolute Gasteiger partial charge is 0.341 e. The number of likely N-dealkylation sites (tertiary alicyclic amines) is 1. The van der Waals surface area contributed by atoms with Gasteiger partial charge in [-0.05, 0) is 44.5 Å². The lowest BCUT2D eigenvalue weighted by Gasteiger charge is -2.29. The van der Waals surface area contributed by atoms with Gasteiger partial charge in [0.15, 0.2) is 0 Å². The smallest absolute Gasteiger partial charge is 0.227 e. The molecule has 0 aliphatic carbocycles. The molecule has 2 heterocycles. The summed E-state index contributed by atoms with van der Waals surface area (Å²) in [5.74, 6) is 0.900. The van der Waals surface area contributed by atoms with E-state index < -0.39 is 0 Å². The molecule has 25 heavy (non-hydrogen) atoms. The number of likely N-dealkylation sites (N-methyl/N-ethyl adjacent to an activating group) is 1. The number of para-hydroxylation sites is 1. The number of aryl methyl sites for hydroxylation is 1. The number of nitrogens with zero attached hydrogens (tertiary/aromatic N) is 3. The Kier molecular flexibility index (Phi) is 5.42. The second-order valence-corrected chi connectivity index (χ2v) is 7.58. The maximum atomic E-state index is 12.5. The Bertz CT molecular complexity index is 644. The highest BCUT2D eigenvalue weighted by Gasteiger charge is 2.33.